The zero-order valence-electron chi connectivity index (χ0n) is 11.6. The lowest BCUT2D eigenvalue weighted by atomic mass is 10.1. The second-order valence-electron chi connectivity index (χ2n) is 5.24. The van der Waals surface area contributed by atoms with E-state index in [0.29, 0.717) is 11.7 Å². The van der Waals surface area contributed by atoms with Crippen LogP contribution in [-0.2, 0) is 13.0 Å². The largest absolute Gasteiger partial charge is 0.347 e. The van der Waals surface area contributed by atoms with E-state index in [2.05, 4.69) is 25.4 Å². The molecule has 0 saturated heterocycles. The van der Waals surface area contributed by atoms with E-state index < -0.39 is 0 Å². The zero-order valence-corrected chi connectivity index (χ0v) is 11.6. The second-order valence-corrected chi connectivity index (χ2v) is 5.24. The van der Waals surface area contributed by atoms with Crippen molar-refractivity contribution in [2.45, 2.75) is 25.9 Å². The molecule has 2 aromatic heterocycles. The summed E-state index contributed by atoms with van der Waals surface area (Å²) in [4.78, 5) is 12.0. The summed E-state index contributed by atoms with van der Waals surface area (Å²) in [7, 11) is 0. The lowest BCUT2D eigenvalue weighted by Gasteiger charge is -2.19. The zero-order chi connectivity index (χ0) is 14.2. The third kappa shape index (κ3) is 2.13. The predicted molar refractivity (Wildman–Crippen MR) is 76.3 cm³/mol. The number of rotatable bonds is 2. The van der Waals surface area contributed by atoms with Gasteiger partial charge >= 0.3 is 0 Å². The molecule has 3 aromatic rings. The Hall–Kier alpha value is -2.47. The molecule has 1 unspecified atom stereocenters. The summed E-state index contributed by atoms with van der Waals surface area (Å²) in [6.07, 6.45) is 2.48. The van der Waals surface area contributed by atoms with E-state index in [-0.39, 0.29) is 6.04 Å². The van der Waals surface area contributed by atoms with E-state index >= 15 is 0 Å². The molecule has 0 spiro atoms. The highest BCUT2D eigenvalue weighted by atomic mass is 16.5. The number of nitrogens with zero attached hydrogens (tertiary/aromatic N) is 3. The van der Waals surface area contributed by atoms with Gasteiger partial charge in [-0.15, -0.1) is 0 Å². The van der Waals surface area contributed by atoms with Crippen molar-refractivity contribution >= 4 is 0 Å². The van der Waals surface area contributed by atoms with Gasteiger partial charge in [-0.2, -0.15) is 4.98 Å². The maximum absolute atomic E-state index is 5.44. The average molecular weight is 281 g/mol. The minimum Gasteiger partial charge on any atom is -0.347 e. The predicted octanol–water partition coefficient (Wildman–Crippen LogP) is 2.16. The summed E-state index contributed by atoms with van der Waals surface area (Å²) in [5.41, 5.74) is 4.33. The molecule has 0 amide bonds. The van der Waals surface area contributed by atoms with Gasteiger partial charge in [0.25, 0.3) is 0 Å². The van der Waals surface area contributed by atoms with Crippen LogP contribution in [0.4, 0.5) is 0 Å². The van der Waals surface area contributed by atoms with Gasteiger partial charge in [0.05, 0.1) is 23.8 Å². The Labute approximate surface area is 121 Å². The van der Waals surface area contributed by atoms with Crippen molar-refractivity contribution in [1.29, 1.82) is 0 Å². The van der Waals surface area contributed by atoms with Gasteiger partial charge in [0.1, 0.15) is 0 Å². The first-order valence-corrected chi connectivity index (χ1v) is 6.95. The Morgan fingerprint density at radius 2 is 2.19 bits per heavy atom. The van der Waals surface area contributed by atoms with E-state index in [0.717, 1.165) is 35.5 Å². The van der Waals surface area contributed by atoms with Crippen LogP contribution in [0.25, 0.3) is 11.4 Å². The van der Waals surface area contributed by atoms with Crippen molar-refractivity contribution in [3.05, 3.63) is 53.4 Å². The van der Waals surface area contributed by atoms with Crippen molar-refractivity contribution in [3.63, 3.8) is 0 Å². The molecule has 4 rings (SSSR count). The van der Waals surface area contributed by atoms with Crippen LogP contribution < -0.4 is 5.32 Å². The molecule has 2 N–H and O–H groups in total. The smallest absolute Gasteiger partial charge is 0.244 e. The minimum absolute atomic E-state index is 0.0195. The molecule has 21 heavy (non-hydrogen) atoms. The van der Waals surface area contributed by atoms with Crippen molar-refractivity contribution in [3.8, 4) is 11.4 Å². The Morgan fingerprint density at radius 3 is 3.10 bits per heavy atom. The average Bonchev–Trinajstić information content (AvgIpc) is 3.16. The van der Waals surface area contributed by atoms with Crippen LogP contribution in [0.1, 0.15) is 28.9 Å². The fraction of sp³-hybridized carbons (Fsp3) is 0.267. The molecule has 3 heterocycles. The number of benzene rings is 1. The molecule has 1 atom stereocenters. The van der Waals surface area contributed by atoms with Gasteiger partial charge in [-0.1, -0.05) is 29.4 Å². The van der Waals surface area contributed by atoms with E-state index in [1.807, 2.05) is 31.2 Å². The van der Waals surface area contributed by atoms with Crippen LogP contribution in [0.3, 0.4) is 0 Å². The molecule has 6 heteroatoms. The van der Waals surface area contributed by atoms with Gasteiger partial charge in [-0.3, -0.25) is 5.32 Å². The van der Waals surface area contributed by atoms with Crippen LogP contribution in [0.5, 0.6) is 0 Å². The Bertz CT molecular complexity index is 776. The summed E-state index contributed by atoms with van der Waals surface area (Å²) >= 11 is 0. The molecule has 0 saturated carbocycles. The third-order valence-electron chi connectivity index (χ3n) is 3.86. The standard InChI is InChI=1S/C15H15N5O/c1-9-4-2-3-5-10(9)14-19-15(21-20-14)12-6-11-13(7-16-12)18-8-17-11/h2-5,8,12,16H,6-7H2,1H3,(H,17,18). The fourth-order valence-electron chi connectivity index (χ4n) is 2.65. The first-order valence-electron chi connectivity index (χ1n) is 6.95. The van der Waals surface area contributed by atoms with Crippen molar-refractivity contribution < 1.29 is 4.52 Å². The number of aromatic nitrogens is 4. The van der Waals surface area contributed by atoms with Crippen LogP contribution in [0.2, 0.25) is 0 Å². The highest BCUT2D eigenvalue weighted by Gasteiger charge is 2.26. The number of fused-ring (bicyclic) bond motifs is 1. The number of hydrogen-bond donors (Lipinski definition) is 2. The molecule has 1 aromatic carbocycles. The van der Waals surface area contributed by atoms with Gasteiger partial charge in [0, 0.05) is 18.5 Å². The number of imidazole rings is 1. The van der Waals surface area contributed by atoms with Crippen LogP contribution in [0.15, 0.2) is 35.1 Å². The summed E-state index contributed by atoms with van der Waals surface area (Å²) in [6.45, 7) is 2.78. The van der Waals surface area contributed by atoms with Crippen molar-refractivity contribution in [2.75, 3.05) is 0 Å². The van der Waals surface area contributed by atoms with E-state index in [9.17, 15) is 0 Å². The number of hydrogen-bond acceptors (Lipinski definition) is 5. The van der Waals surface area contributed by atoms with Gasteiger partial charge in [-0.25, -0.2) is 4.98 Å². The normalized spacial score (nSPS) is 17.7. The summed E-state index contributed by atoms with van der Waals surface area (Å²) in [5.74, 6) is 1.25. The number of H-pyrrole nitrogens is 1. The SMILES string of the molecule is Cc1ccccc1-c1noc(C2Cc3nc[nH]c3CN2)n1. The molecule has 106 valence electrons. The molecule has 0 fully saturated rings. The molecular formula is C15H15N5O. The topological polar surface area (TPSA) is 79.6 Å². The quantitative estimate of drug-likeness (QED) is 0.752. The maximum atomic E-state index is 5.44. The first-order chi connectivity index (χ1) is 10.3. The highest BCUT2D eigenvalue weighted by Crippen LogP contribution is 2.26. The molecule has 0 aliphatic carbocycles. The molecule has 1 aliphatic heterocycles. The third-order valence-corrected chi connectivity index (χ3v) is 3.86. The Morgan fingerprint density at radius 1 is 1.29 bits per heavy atom. The summed E-state index contributed by atoms with van der Waals surface area (Å²) in [5, 5.41) is 7.50. The van der Waals surface area contributed by atoms with Crippen molar-refractivity contribution in [2.24, 2.45) is 0 Å². The summed E-state index contributed by atoms with van der Waals surface area (Å²) in [6, 6.07) is 8.05. The molecule has 0 bridgehead atoms. The molecule has 0 radical (unpaired) electrons. The fourth-order valence-corrected chi connectivity index (χ4v) is 2.65. The lowest BCUT2D eigenvalue weighted by molar-refractivity contribution is 0.319. The highest BCUT2D eigenvalue weighted by molar-refractivity contribution is 5.59. The van der Waals surface area contributed by atoms with E-state index in [1.165, 1.54) is 0 Å². The van der Waals surface area contributed by atoms with Gasteiger partial charge in [-0.05, 0) is 12.5 Å². The molecule has 6 nitrogen and oxygen atoms in total. The van der Waals surface area contributed by atoms with E-state index in [1.54, 1.807) is 6.33 Å². The number of aryl methyl sites for hydroxylation is 1. The Kier molecular flexibility index (Phi) is 2.82. The van der Waals surface area contributed by atoms with Gasteiger partial charge in [0.2, 0.25) is 11.7 Å². The monoisotopic (exact) mass is 281 g/mol. The van der Waals surface area contributed by atoms with Crippen molar-refractivity contribution in [1.82, 2.24) is 25.4 Å². The minimum atomic E-state index is 0.0195. The lowest BCUT2D eigenvalue weighted by Crippen LogP contribution is -2.28. The second kappa shape index (κ2) is 4.82. The van der Waals surface area contributed by atoms with Gasteiger partial charge in [0.15, 0.2) is 0 Å². The summed E-state index contributed by atoms with van der Waals surface area (Å²) < 4.78 is 5.44. The first kappa shape index (κ1) is 12.3. The number of nitrogens with one attached hydrogen (secondary N) is 2. The maximum Gasteiger partial charge on any atom is 0.244 e. The van der Waals surface area contributed by atoms with Gasteiger partial charge < -0.3 is 9.51 Å². The van der Waals surface area contributed by atoms with Crippen LogP contribution >= 0.6 is 0 Å². The molecular weight excluding hydrogens is 266 g/mol. The van der Waals surface area contributed by atoms with E-state index in [4.69, 9.17) is 4.52 Å². The van der Waals surface area contributed by atoms with Crippen LogP contribution in [-0.4, -0.2) is 20.1 Å². The van der Waals surface area contributed by atoms with Crippen LogP contribution in [0, 0.1) is 6.92 Å². The number of aromatic amines is 1. The molecule has 1 aliphatic rings. The Balaban J connectivity index is 1.62.